The van der Waals surface area contributed by atoms with Crippen LogP contribution in [0.5, 0.6) is 0 Å². The van der Waals surface area contributed by atoms with Gasteiger partial charge in [-0.25, -0.2) is 4.99 Å². The summed E-state index contributed by atoms with van der Waals surface area (Å²) in [5.74, 6) is 0.957. The van der Waals surface area contributed by atoms with Crippen molar-refractivity contribution < 1.29 is 9.59 Å². The Morgan fingerprint density at radius 2 is 1.76 bits per heavy atom. The molecule has 178 valence electrons. The molecule has 2 N–H and O–H groups in total. The maximum absolute atomic E-state index is 12.0. The van der Waals surface area contributed by atoms with Crippen molar-refractivity contribution in [2.24, 2.45) is 4.99 Å². The third-order valence-electron chi connectivity index (χ3n) is 5.47. The maximum Gasteiger partial charge on any atom is 0.253 e. The fourth-order valence-corrected chi connectivity index (χ4v) is 3.66. The number of hydrogen-bond acceptors (Lipinski definition) is 3. The monoisotopic (exact) mass is 563 g/mol. The molecule has 7 nitrogen and oxygen atoms in total. The van der Waals surface area contributed by atoms with E-state index in [1.54, 1.807) is 19.0 Å². The molecule has 1 fully saturated rings. The smallest absolute Gasteiger partial charge is 0.253 e. The van der Waals surface area contributed by atoms with Gasteiger partial charge in [-0.05, 0) is 42.2 Å². The SMILES string of the molecule is CCNC(=NCc1ccc(C(=O)N(C)C)cc1)NCc1ccccc1CN1CCCC1=O.I. The highest BCUT2D eigenvalue weighted by Crippen LogP contribution is 2.17. The molecule has 0 radical (unpaired) electrons. The molecule has 1 aliphatic rings. The van der Waals surface area contributed by atoms with Gasteiger partial charge in [-0.2, -0.15) is 0 Å². The van der Waals surface area contributed by atoms with E-state index in [-0.39, 0.29) is 35.8 Å². The highest BCUT2D eigenvalue weighted by Gasteiger charge is 2.20. The van der Waals surface area contributed by atoms with E-state index < -0.39 is 0 Å². The van der Waals surface area contributed by atoms with Crippen molar-refractivity contribution >= 4 is 41.8 Å². The molecule has 0 aromatic heterocycles. The number of aliphatic imine (C=N–C) groups is 1. The van der Waals surface area contributed by atoms with Gasteiger partial charge in [-0.15, -0.1) is 24.0 Å². The van der Waals surface area contributed by atoms with Gasteiger partial charge in [0.25, 0.3) is 5.91 Å². The molecule has 1 aliphatic heterocycles. The first kappa shape index (κ1) is 26.6. The van der Waals surface area contributed by atoms with E-state index in [2.05, 4.69) is 27.8 Å². The molecule has 2 amide bonds. The van der Waals surface area contributed by atoms with Crippen LogP contribution < -0.4 is 10.6 Å². The van der Waals surface area contributed by atoms with Crippen molar-refractivity contribution in [1.29, 1.82) is 0 Å². The topological polar surface area (TPSA) is 77.0 Å². The second-order valence-corrected chi connectivity index (χ2v) is 8.13. The van der Waals surface area contributed by atoms with Crippen molar-refractivity contribution in [1.82, 2.24) is 20.4 Å². The average Bonchev–Trinajstić information content (AvgIpc) is 3.20. The van der Waals surface area contributed by atoms with E-state index in [9.17, 15) is 9.59 Å². The number of carbonyl (C=O) groups excluding carboxylic acids is 2. The van der Waals surface area contributed by atoms with Gasteiger partial charge in [-0.3, -0.25) is 9.59 Å². The van der Waals surface area contributed by atoms with Gasteiger partial charge in [0.1, 0.15) is 0 Å². The summed E-state index contributed by atoms with van der Waals surface area (Å²) in [6.45, 7) is 5.42. The average molecular weight is 563 g/mol. The van der Waals surface area contributed by atoms with E-state index in [0.717, 1.165) is 42.2 Å². The van der Waals surface area contributed by atoms with Gasteiger partial charge in [0, 0.05) is 52.3 Å². The van der Waals surface area contributed by atoms with Crippen LogP contribution in [0.15, 0.2) is 53.5 Å². The summed E-state index contributed by atoms with van der Waals surface area (Å²) >= 11 is 0. The Morgan fingerprint density at radius 1 is 1.06 bits per heavy atom. The zero-order valence-corrected chi connectivity index (χ0v) is 22.0. The Hall–Kier alpha value is -2.62. The van der Waals surface area contributed by atoms with Crippen LogP contribution in [-0.4, -0.2) is 54.8 Å². The Balaban J connectivity index is 0.00000385. The van der Waals surface area contributed by atoms with Gasteiger partial charge in [-0.1, -0.05) is 36.4 Å². The molecule has 0 unspecified atom stereocenters. The minimum Gasteiger partial charge on any atom is -0.357 e. The number of nitrogens with zero attached hydrogens (tertiary/aromatic N) is 3. The van der Waals surface area contributed by atoms with E-state index in [4.69, 9.17) is 0 Å². The Morgan fingerprint density at radius 3 is 2.36 bits per heavy atom. The number of halogens is 1. The summed E-state index contributed by atoms with van der Waals surface area (Å²) in [6, 6.07) is 15.8. The number of benzene rings is 2. The minimum absolute atomic E-state index is 0. The second kappa shape index (κ2) is 13.2. The number of rotatable bonds is 8. The molecule has 0 atom stereocenters. The van der Waals surface area contributed by atoms with E-state index in [1.807, 2.05) is 48.2 Å². The fraction of sp³-hybridized carbons (Fsp3) is 0.400. The van der Waals surface area contributed by atoms with Crippen LogP contribution in [0.1, 0.15) is 46.8 Å². The van der Waals surface area contributed by atoms with Crippen LogP contribution in [0.2, 0.25) is 0 Å². The molecule has 0 saturated carbocycles. The third kappa shape index (κ3) is 7.73. The maximum atomic E-state index is 12.0. The van der Waals surface area contributed by atoms with Crippen LogP contribution in [0.4, 0.5) is 0 Å². The molecule has 0 spiro atoms. The number of likely N-dealkylation sites (tertiary alicyclic amines) is 1. The zero-order chi connectivity index (χ0) is 22.9. The van der Waals surface area contributed by atoms with Gasteiger partial charge in [0.15, 0.2) is 5.96 Å². The first-order chi connectivity index (χ1) is 15.5. The van der Waals surface area contributed by atoms with Crippen LogP contribution in [0.3, 0.4) is 0 Å². The molecule has 33 heavy (non-hydrogen) atoms. The molecule has 0 bridgehead atoms. The predicted molar refractivity (Wildman–Crippen MR) is 143 cm³/mol. The molecule has 1 saturated heterocycles. The molecule has 8 heteroatoms. The first-order valence-electron chi connectivity index (χ1n) is 11.1. The predicted octanol–water partition coefficient (Wildman–Crippen LogP) is 3.38. The van der Waals surface area contributed by atoms with Crippen molar-refractivity contribution in [2.75, 3.05) is 27.2 Å². The first-order valence-corrected chi connectivity index (χ1v) is 11.1. The normalized spacial score (nSPS) is 13.5. The molecule has 3 rings (SSSR count). The number of guanidine groups is 1. The second-order valence-electron chi connectivity index (χ2n) is 8.13. The van der Waals surface area contributed by atoms with E-state index in [0.29, 0.717) is 31.6 Å². The molecule has 2 aromatic carbocycles. The Bertz CT molecular complexity index is 960. The fourth-order valence-electron chi connectivity index (χ4n) is 3.66. The summed E-state index contributed by atoms with van der Waals surface area (Å²) in [7, 11) is 3.49. The lowest BCUT2D eigenvalue weighted by atomic mass is 10.1. The largest absolute Gasteiger partial charge is 0.357 e. The lowest BCUT2D eigenvalue weighted by Crippen LogP contribution is -2.37. The van der Waals surface area contributed by atoms with E-state index in [1.165, 1.54) is 0 Å². The lowest BCUT2D eigenvalue weighted by molar-refractivity contribution is -0.128. The van der Waals surface area contributed by atoms with Gasteiger partial charge >= 0.3 is 0 Å². The molecular formula is C25H34IN5O2. The number of hydrogen-bond donors (Lipinski definition) is 2. The number of amides is 2. The minimum atomic E-state index is -0.00986. The van der Waals surface area contributed by atoms with Crippen molar-refractivity contribution in [3.05, 3.63) is 70.8 Å². The van der Waals surface area contributed by atoms with Crippen LogP contribution in [-0.2, 0) is 24.4 Å². The quantitative estimate of drug-likeness (QED) is 0.294. The van der Waals surface area contributed by atoms with Crippen molar-refractivity contribution in [2.45, 2.75) is 39.4 Å². The summed E-state index contributed by atoms with van der Waals surface area (Å²) in [4.78, 5) is 32.2. The van der Waals surface area contributed by atoms with Crippen LogP contribution in [0.25, 0.3) is 0 Å². The highest BCUT2D eigenvalue weighted by atomic mass is 127. The van der Waals surface area contributed by atoms with Crippen molar-refractivity contribution in [3.63, 3.8) is 0 Å². The standard InChI is InChI=1S/C25H33N5O2.HI/c1-4-26-25(27-16-19-11-13-20(14-12-19)24(32)29(2)3)28-17-21-8-5-6-9-22(21)18-30-15-7-10-23(30)31;/h5-6,8-9,11-14H,4,7,10,15-18H2,1-3H3,(H2,26,27,28);1H. The molecule has 1 heterocycles. The third-order valence-corrected chi connectivity index (χ3v) is 5.47. The summed E-state index contributed by atoms with van der Waals surface area (Å²) in [5, 5.41) is 6.68. The Labute approximate surface area is 213 Å². The zero-order valence-electron chi connectivity index (χ0n) is 19.6. The summed E-state index contributed by atoms with van der Waals surface area (Å²) in [6.07, 6.45) is 1.60. The number of carbonyl (C=O) groups is 2. The summed E-state index contributed by atoms with van der Waals surface area (Å²) in [5.41, 5.74) is 4.02. The molecule has 2 aromatic rings. The van der Waals surface area contributed by atoms with Gasteiger partial charge in [0.05, 0.1) is 6.54 Å². The molecular weight excluding hydrogens is 529 g/mol. The highest BCUT2D eigenvalue weighted by molar-refractivity contribution is 14.0. The summed E-state index contributed by atoms with van der Waals surface area (Å²) < 4.78 is 0. The Kier molecular flexibility index (Phi) is 10.6. The van der Waals surface area contributed by atoms with E-state index >= 15 is 0 Å². The van der Waals surface area contributed by atoms with Gasteiger partial charge < -0.3 is 20.4 Å². The van der Waals surface area contributed by atoms with Gasteiger partial charge in [0.2, 0.25) is 5.91 Å². The van der Waals surface area contributed by atoms with Crippen molar-refractivity contribution in [3.8, 4) is 0 Å². The lowest BCUT2D eigenvalue weighted by Gasteiger charge is -2.19. The van der Waals surface area contributed by atoms with Crippen LogP contribution in [0, 0.1) is 0 Å². The number of nitrogens with one attached hydrogen (secondary N) is 2. The van der Waals surface area contributed by atoms with Crippen LogP contribution >= 0.6 is 24.0 Å². The molecule has 0 aliphatic carbocycles.